The first-order valence-electron chi connectivity index (χ1n) is 23.9. The van der Waals surface area contributed by atoms with Gasteiger partial charge in [-0.15, -0.1) is 0 Å². The van der Waals surface area contributed by atoms with Crippen molar-refractivity contribution < 1.29 is 38.5 Å². The van der Waals surface area contributed by atoms with Crippen LogP contribution in [0.15, 0.2) is 12.2 Å². The fourth-order valence-electron chi connectivity index (χ4n) is 7.00. The average Bonchev–Trinajstić information content (AvgIpc) is 3.16. The smallest absolute Gasteiger partial charge is 0.305 e. The maximum atomic E-state index is 12.0. The number of carboxylic acid groups (broad SMARTS) is 1. The number of hydrogen-bond acceptors (Lipinski definition) is 7. The van der Waals surface area contributed by atoms with Gasteiger partial charge in [-0.25, -0.2) is 0 Å². The van der Waals surface area contributed by atoms with Crippen LogP contribution in [0, 0.1) is 0 Å². The Bertz CT molecular complexity index is 874. The number of ether oxygens (including phenoxy) is 3. The standard InChI is InChI=1S/C48H93NO7/c1-5-6-7-8-9-10-11-12-13-14-15-16-17-18-19-20-21-22-23-24-25-26-27-28-29-30-31-32-33-34-35-36-37-38-39-40-46(51)55-43-45(50)44-56-48(47(52)53)54-42-41-49(2,3)4/h14-15,45,48,50H,5-13,16-44H2,1-4H3/b15-14-. The van der Waals surface area contributed by atoms with Crippen LogP contribution in [0.5, 0.6) is 0 Å². The number of nitrogens with zero attached hydrogens (tertiary/aromatic N) is 1. The van der Waals surface area contributed by atoms with E-state index in [0.717, 1.165) is 19.3 Å². The van der Waals surface area contributed by atoms with Crippen LogP contribution in [-0.4, -0.2) is 81.4 Å². The number of aliphatic hydroxyl groups excluding tert-OH is 1. The van der Waals surface area contributed by atoms with Crippen LogP contribution in [0.3, 0.4) is 0 Å². The molecule has 0 aliphatic heterocycles. The van der Waals surface area contributed by atoms with Crippen molar-refractivity contribution in [3.8, 4) is 0 Å². The van der Waals surface area contributed by atoms with Crippen LogP contribution in [0.1, 0.15) is 225 Å². The Balaban J connectivity index is 3.34. The molecule has 0 bridgehead atoms. The molecule has 1 N–H and O–H groups in total. The first-order chi connectivity index (χ1) is 27.2. The van der Waals surface area contributed by atoms with Crippen molar-refractivity contribution in [2.24, 2.45) is 0 Å². The predicted octanol–water partition coefficient (Wildman–Crippen LogP) is 11.5. The fourth-order valence-corrected chi connectivity index (χ4v) is 7.00. The van der Waals surface area contributed by atoms with E-state index >= 15 is 0 Å². The predicted molar refractivity (Wildman–Crippen MR) is 232 cm³/mol. The summed E-state index contributed by atoms with van der Waals surface area (Å²) in [6.45, 7) is 2.49. The van der Waals surface area contributed by atoms with Crippen molar-refractivity contribution in [1.82, 2.24) is 0 Å². The molecule has 0 aromatic rings. The lowest BCUT2D eigenvalue weighted by atomic mass is 10.0. The van der Waals surface area contributed by atoms with Gasteiger partial charge in [-0.2, -0.15) is 0 Å². The lowest BCUT2D eigenvalue weighted by Crippen LogP contribution is -2.44. The monoisotopic (exact) mass is 796 g/mol. The number of carbonyl (C=O) groups is 2. The van der Waals surface area contributed by atoms with Crippen molar-refractivity contribution in [1.29, 1.82) is 0 Å². The molecular weight excluding hydrogens is 703 g/mol. The van der Waals surface area contributed by atoms with E-state index in [0.29, 0.717) is 17.4 Å². The highest BCUT2D eigenvalue weighted by molar-refractivity contribution is 5.69. The van der Waals surface area contributed by atoms with E-state index in [1.807, 2.05) is 21.1 Å². The second-order valence-electron chi connectivity index (χ2n) is 17.6. The summed E-state index contributed by atoms with van der Waals surface area (Å²) in [4.78, 5) is 23.2. The van der Waals surface area contributed by atoms with E-state index < -0.39 is 18.4 Å². The topological polar surface area (TPSA) is 105 Å². The molecule has 0 spiro atoms. The molecular formula is C48H93NO7. The van der Waals surface area contributed by atoms with Gasteiger partial charge in [0.25, 0.3) is 0 Å². The largest absolute Gasteiger partial charge is 0.545 e. The van der Waals surface area contributed by atoms with Gasteiger partial charge in [0.2, 0.25) is 0 Å². The van der Waals surface area contributed by atoms with Crippen LogP contribution in [0.2, 0.25) is 0 Å². The van der Waals surface area contributed by atoms with Gasteiger partial charge in [0, 0.05) is 6.42 Å². The quantitative estimate of drug-likeness (QED) is 0.0215. The average molecular weight is 796 g/mol. The van der Waals surface area contributed by atoms with Crippen LogP contribution < -0.4 is 5.11 Å². The summed E-state index contributed by atoms with van der Waals surface area (Å²) in [6, 6.07) is 0. The number of quaternary nitrogens is 1. The molecule has 0 rings (SSSR count). The minimum absolute atomic E-state index is 0.173. The highest BCUT2D eigenvalue weighted by Crippen LogP contribution is 2.16. The van der Waals surface area contributed by atoms with Gasteiger partial charge >= 0.3 is 5.97 Å². The zero-order valence-electron chi connectivity index (χ0n) is 37.5. The van der Waals surface area contributed by atoms with Crippen molar-refractivity contribution in [3.05, 3.63) is 12.2 Å². The van der Waals surface area contributed by atoms with Crippen LogP contribution in [0.25, 0.3) is 0 Å². The van der Waals surface area contributed by atoms with Crippen LogP contribution >= 0.6 is 0 Å². The lowest BCUT2D eigenvalue weighted by Gasteiger charge is -2.26. The number of rotatable bonds is 45. The van der Waals surface area contributed by atoms with Gasteiger partial charge in [0.05, 0.1) is 40.3 Å². The molecule has 8 nitrogen and oxygen atoms in total. The van der Waals surface area contributed by atoms with Crippen LogP contribution in [-0.2, 0) is 23.8 Å². The first-order valence-corrected chi connectivity index (χ1v) is 23.9. The number of likely N-dealkylation sites (N-methyl/N-ethyl adjacent to an activating group) is 1. The third kappa shape index (κ3) is 43.6. The minimum atomic E-state index is -1.57. The van der Waals surface area contributed by atoms with E-state index in [1.165, 1.54) is 193 Å². The molecule has 0 fully saturated rings. The summed E-state index contributed by atoms with van der Waals surface area (Å²) in [6.07, 6.45) is 47.0. The molecule has 0 aromatic carbocycles. The molecule has 0 aliphatic rings. The van der Waals surface area contributed by atoms with E-state index in [9.17, 15) is 19.8 Å². The molecule has 332 valence electrons. The molecule has 56 heavy (non-hydrogen) atoms. The Kier molecular flexibility index (Phi) is 40.6. The molecule has 0 saturated heterocycles. The van der Waals surface area contributed by atoms with Gasteiger partial charge in [-0.1, -0.05) is 199 Å². The molecule has 0 aliphatic carbocycles. The maximum absolute atomic E-state index is 12.0. The Morgan fingerprint density at radius 2 is 0.893 bits per heavy atom. The Morgan fingerprint density at radius 1 is 0.536 bits per heavy atom. The number of allylic oxidation sites excluding steroid dienone is 2. The highest BCUT2D eigenvalue weighted by atomic mass is 16.7. The summed E-state index contributed by atoms with van der Waals surface area (Å²) in [5.41, 5.74) is 0. The molecule has 0 heterocycles. The van der Waals surface area contributed by atoms with Crippen molar-refractivity contribution >= 4 is 11.9 Å². The van der Waals surface area contributed by atoms with E-state index in [-0.39, 0.29) is 25.8 Å². The number of aliphatic carboxylic acids is 1. The molecule has 2 unspecified atom stereocenters. The Morgan fingerprint density at radius 3 is 1.25 bits per heavy atom. The number of hydrogen-bond donors (Lipinski definition) is 1. The van der Waals surface area contributed by atoms with Gasteiger partial charge in [-0.05, 0) is 32.1 Å². The Hall–Kier alpha value is -1.48. The molecule has 0 amide bonds. The van der Waals surface area contributed by atoms with Crippen molar-refractivity contribution in [2.45, 2.75) is 238 Å². The normalized spacial score (nSPS) is 13.1. The summed E-state index contributed by atoms with van der Waals surface area (Å²) in [7, 11) is 5.88. The molecule has 0 aromatic heterocycles. The van der Waals surface area contributed by atoms with E-state index in [2.05, 4.69) is 19.1 Å². The number of carboxylic acids is 1. The Labute approximate surface area is 346 Å². The second kappa shape index (κ2) is 41.7. The molecule has 0 radical (unpaired) electrons. The van der Waals surface area contributed by atoms with E-state index in [4.69, 9.17) is 14.2 Å². The maximum Gasteiger partial charge on any atom is 0.305 e. The third-order valence-corrected chi connectivity index (χ3v) is 10.7. The second-order valence-corrected chi connectivity index (χ2v) is 17.6. The number of esters is 1. The van der Waals surface area contributed by atoms with Gasteiger partial charge in [0.15, 0.2) is 6.29 Å². The van der Waals surface area contributed by atoms with E-state index in [1.54, 1.807) is 0 Å². The number of aliphatic hydroxyl groups is 1. The summed E-state index contributed by atoms with van der Waals surface area (Å²) in [5, 5.41) is 21.2. The van der Waals surface area contributed by atoms with Gasteiger partial charge in [-0.3, -0.25) is 4.79 Å². The summed E-state index contributed by atoms with van der Waals surface area (Å²) in [5.74, 6) is -1.86. The number of unbranched alkanes of at least 4 members (excludes halogenated alkanes) is 31. The first kappa shape index (κ1) is 54.5. The minimum Gasteiger partial charge on any atom is -0.545 e. The van der Waals surface area contributed by atoms with Crippen molar-refractivity contribution in [3.63, 3.8) is 0 Å². The summed E-state index contributed by atoms with van der Waals surface area (Å²) < 4.78 is 16.0. The molecule has 0 saturated carbocycles. The van der Waals surface area contributed by atoms with Crippen LogP contribution in [0.4, 0.5) is 0 Å². The van der Waals surface area contributed by atoms with Crippen molar-refractivity contribution in [2.75, 3.05) is 47.5 Å². The summed E-state index contributed by atoms with van der Waals surface area (Å²) >= 11 is 0. The SMILES string of the molecule is CCCCCCCCCC/C=C\CCCCCCCCCCCCCCCCCCCCCCCCCC(=O)OCC(O)COC(OCC[N+](C)(C)C)C(=O)[O-]. The fraction of sp³-hybridized carbons (Fsp3) is 0.917. The zero-order valence-corrected chi connectivity index (χ0v) is 37.5. The van der Waals surface area contributed by atoms with Gasteiger partial charge in [0.1, 0.15) is 19.3 Å². The highest BCUT2D eigenvalue weighted by Gasteiger charge is 2.17. The third-order valence-electron chi connectivity index (χ3n) is 10.7. The van der Waals surface area contributed by atoms with Gasteiger partial charge < -0.3 is 33.7 Å². The number of carbonyl (C=O) groups excluding carboxylic acids is 2. The molecule has 8 heteroatoms. The molecule has 2 atom stereocenters. The lowest BCUT2D eigenvalue weighted by molar-refractivity contribution is -0.870. The zero-order chi connectivity index (χ0) is 41.2.